The van der Waals surface area contributed by atoms with Gasteiger partial charge in [0.1, 0.15) is 18.0 Å². The van der Waals surface area contributed by atoms with Gasteiger partial charge in [-0.3, -0.25) is 9.59 Å². The first-order valence-electron chi connectivity index (χ1n) is 10.0. The van der Waals surface area contributed by atoms with Crippen LogP contribution in [0, 0.1) is 6.92 Å². The van der Waals surface area contributed by atoms with Crippen molar-refractivity contribution in [3.05, 3.63) is 69.9 Å². The van der Waals surface area contributed by atoms with Crippen molar-refractivity contribution in [2.75, 3.05) is 26.2 Å². The summed E-state index contributed by atoms with van der Waals surface area (Å²) in [6, 6.07) is 14.5. The van der Waals surface area contributed by atoms with Crippen molar-refractivity contribution in [3.8, 4) is 11.3 Å². The van der Waals surface area contributed by atoms with Crippen LogP contribution in [0.1, 0.15) is 25.0 Å². The highest BCUT2D eigenvalue weighted by atomic mass is 16.5. The van der Waals surface area contributed by atoms with Crippen molar-refractivity contribution in [3.63, 3.8) is 0 Å². The molecule has 0 spiro atoms. The minimum absolute atomic E-state index is 0.102. The Hall–Kier alpha value is -2.92. The fourth-order valence-electron chi connectivity index (χ4n) is 3.22. The van der Waals surface area contributed by atoms with Crippen molar-refractivity contribution in [2.45, 2.75) is 27.2 Å². The summed E-state index contributed by atoms with van der Waals surface area (Å²) in [5.74, 6) is 0.231. The summed E-state index contributed by atoms with van der Waals surface area (Å²) in [4.78, 5) is 26.8. The van der Waals surface area contributed by atoms with E-state index in [9.17, 15) is 9.59 Å². The molecule has 5 nitrogen and oxygen atoms in total. The predicted molar refractivity (Wildman–Crippen MR) is 115 cm³/mol. The number of esters is 1. The van der Waals surface area contributed by atoms with Gasteiger partial charge in [0.2, 0.25) is 0 Å². The zero-order valence-electron chi connectivity index (χ0n) is 17.2. The molecule has 0 N–H and O–H groups in total. The number of nitrogens with zero attached hydrogens (tertiary/aromatic N) is 1. The van der Waals surface area contributed by atoms with Crippen LogP contribution in [0.2, 0.25) is 0 Å². The fraction of sp³-hybridized carbons (Fsp3) is 0.333. The number of fused-ring (bicyclic) bond motifs is 1. The predicted octanol–water partition coefficient (Wildman–Crippen LogP) is 4.20. The van der Waals surface area contributed by atoms with Crippen LogP contribution < -0.4 is 5.43 Å². The van der Waals surface area contributed by atoms with Crippen LogP contribution in [0.25, 0.3) is 22.3 Å². The van der Waals surface area contributed by atoms with E-state index in [1.165, 1.54) is 6.07 Å². The summed E-state index contributed by atoms with van der Waals surface area (Å²) in [5, 5.41) is 0.500. The SMILES string of the molecule is CCN(CC)CCOC(=O)Cc1ccc2c(=O)cc(-c3ccc(C)cc3)oc2c1. The van der Waals surface area contributed by atoms with E-state index in [0.29, 0.717) is 23.3 Å². The normalized spacial score (nSPS) is 11.2. The average Bonchev–Trinajstić information content (AvgIpc) is 2.71. The van der Waals surface area contributed by atoms with Crippen LogP contribution in [-0.2, 0) is 16.0 Å². The summed E-state index contributed by atoms with van der Waals surface area (Å²) in [6.07, 6.45) is 0.145. The molecule has 0 amide bonds. The van der Waals surface area contributed by atoms with Crippen LogP contribution in [0.5, 0.6) is 0 Å². The molecule has 0 radical (unpaired) electrons. The number of hydrogen-bond donors (Lipinski definition) is 0. The van der Waals surface area contributed by atoms with Gasteiger partial charge in [0.15, 0.2) is 5.43 Å². The second kappa shape index (κ2) is 9.52. The summed E-state index contributed by atoms with van der Waals surface area (Å²) < 4.78 is 11.3. The number of carbonyl (C=O) groups is 1. The number of ether oxygens (including phenoxy) is 1. The van der Waals surface area contributed by atoms with E-state index in [4.69, 9.17) is 9.15 Å². The maximum Gasteiger partial charge on any atom is 0.310 e. The third-order valence-electron chi connectivity index (χ3n) is 5.04. The summed E-state index contributed by atoms with van der Waals surface area (Å²) in [6.45, 7) is 9.14. The van der Waals surface area contributed by atoms with Crippen molar-refractivity contribution < 1.29 is 13.9 Å². The standard InChI is InChI=1S/C24H27NO4/c1-4-25(5-2)12-13-28-24(27)15-18-8-11-20-21(26)16-22(29-23(20)14-18)19-9-6-17(3)7-10-19/h6-11,14,16H,4-5,12-13,15H2,1-3H3. The zero-order chi connectivity index (χ0) is 20.8. The summed E-state index contributed by atoms with van der Waals surface area (Å²) in [5.41, 5.74) is 3.11. The van der Waals surface area contributed by atoms with E-state index < -0.39 is 0 Å². The molecule has 1 heterocycles. The first-order valence-corrected chi connectivity index (χ1v) is 10.0. The Bertz CT molecular complexity index is 1030. The molecule has 0 saturated heterocycles. The number of likely N-dealkylation sites (N-methyl/N-ethyl adjacent to an activating group) is 1. The largest absolute Gasteiger partial charge is 0.464 e. The third kappa shape index (κ3) is 5.33. The smallest absolute Gasteiger partial charge is 0.310 e. The molecule has 0 aliphatic heterocycles. The lowest BCUT2D eigenvalue weighted by Gasteiger charge is -2.17. The minimum atomic E-state index is -0.284. The van der Waals surface area contributed by atoms with E-state index in [1.807, 2.05) is 31.2 Å². The molecule has 0 unspecified atom stereocenters. The minimum Gasteiger partial charge on any atom is -0.464 e. The van der Waals surface area contributed by atoms with Gasteiger partial charge in [-0.05, 0) is 37.7 Å². The lowest BCUT2D eigenvalue weighted by atomic mass is 10.1. The van der Waals surface area contributed by atoms with Crippen molar-refractivity contribution in [1.82, 2.24) is 4.90 Å². The molecule has 2 aromatic carbocycles. The highest BCUT2D eigenvalue weighted by Crippen LogP contribution is 2.23. The van der Waals surface area contributed by atoms with Gasteiger partial charge in [-0.2, -0.15) is 0 Å². The Kier molecular flexibility index (Phi) is 6.83. The van der Waals surface area contributed by atoms with Crippen LogP contribution >= 0.6 is 0 Å². The van der Waals surface area contributed by atoms with Gasteiger partial charge < -0.3 is 14.1 Å². The zero-order valence-corrected chi connectivity index (χ0v) is 17.2. The molecule has 0 bridgehead atoms. The Labute approximate surface area is 170 Å². The summed E-state index contributed by atoms with van der Waals surface area (Å²) >= 11 is 0. The van der Waals surface area contributed by atoms with Gasteiger partial charge in [-0.1, -0.05) is 49.7 Å². The Morgan fingerprint density at radius 2 is 1.76 bits per heavy atom. The molecule has 0 aliphatic rings. The maximum absolute atomic E-state index is 12.5. The van der Waals surface area contributed by atoms with E-state index in [2.05, 4.69) is 18.7 Å². The number of aryl methyl sites for hydroxylation is 1. The van der Waals surface area contributed by atoms with Crippen LogP contribution in [0.3, 0.4) is 0 Å². The molecule has 5 heteroatoms. The number of hydrogen-bond acceptors (Lipinski definition) is 5. The highest BCUT2D eigenvalue weighted by Gasteiger charge is 2.11. The van der Waals surface area contributed by atoms with E-state index in [1.54, 1.807) is 18.2 Å². The molecule has 0 fully saturated rings. The molecular weight excluding hydrogens is 366 g/mol. The second-order valence-electron chi connectivity index (χ2n) is 7.10. The van der Waals surface area contributed by atoms with Crippen LogP contribution in [-0.4, -0.2) is 37.1 Å². The Balaban J connectivity index is 1.75. The molecule has 152 valence electrons. The maximum atomic E-state index is 12.5. The summed E-state index contributed by atoms with van der Waals surface area (Å²) in [7, 11) is 0. The lowest BCUT2D eigenvalue weighted by molar-refractivity contribution is -0.143. The van der Waals surface area contributed by atoms with Gasteiger partial charge in [0.05, 0.1) is 11.8 Å². The molecule has 1 aromatic heterocycles. The topological polar surface area (TPSA) is 59.8 Å². The number of rotatable bonds is 8. The third-order valence-corrected chi connectivity index (χ3v) is 5.04. The van der Waals surface area contributed by atoms with Crippen molar-refractivity contribution in [1.29, 1.82) is 0 Å². The fourth-order valence-corrected chi connectivity index (χ4v) is 3.22. The number of carbonyl (C=O) groups excluding carboxylic acids is 1. The molecule has 0 atom stereocenters. The second-order valence-corrected chi connectivity index (χ2v) is 7.10. The Morgan fingerprint density at radius 3 is 2.45 bits per heavy atom. The van der Waals surface area contributed by atoms with Crippen molar-refractivity contribution in [2.24, 2.45) is 0 Å². The van der Waals surface area contributed by atoms with Gasteiger partial charge in [0.25, 0.3) is 0 Å². The lowest BCUT2D eigenvalue weighted by Crippen LogP contribution is -2.28. The van der Waals surface area contributed by atoms with E-state index in [0.717, 1.165) is 36.3 Å². The quantitative estimate of drug-likeness (QED) is 0.537. The van der Waals surface area contributed by atoms with Gasteiger partial charge >= 0.3 is 5.97 Å². The Morgan fingerprint density at radius 1 is 1.03 bits per heavy atom. The first-order chi connectivity index (χ1) is 14.0. The molecule has 3 rings (SSSR count). The van der Waals surface area contributed by atoms with Crippen molar-refractivity contribution >= 4 is 16.9 Å². The highest BCUT2D eigenvalue weighted by molar-refractivity contribution is 5.81. The van der Waals surface area contributed by atoms with Gasteiger partial charge in [-0.25, -0.2) is 0 Å². The molecule has 29 heavy (non-hydrogen) atoms. The average molecular weight is 393 g/mol. The monoisotopic (exact) mass is 393 g/mol. The first kappa shape index (κ1) is 20.8. The molecule has 0 aliphatic carbocycles. The number of benzene rings is 2. The van der Waals surface area contributed by atoms with E-state index in [-0.39, 0.29) is 17.8 Å². The van der Waals surface area contributed by atoms with Crippen LogP contribution in [0.15, 0.2) is 57.7 Å². The molecule has 0 saturated carbocycles. The van der Waals surface area contributed by atoms with Crippen LogP contribution in [0.4, 0.5) is 0 Å². The van der Waals surface area contributed by atoms with E-state index >= 15 is 0 Å². The van der Waals surface area contributed by atoms with Gasteiger partial charge in [-0.15, -0.1) is 0 Å². The molecular formula is C24H27NO4. The van der Waals surface area contributed by atoms with Gasteiger partial charge in [0, 0.05) is 18.2 Å². The molecule has 3 aromatic rings.